The van der Waals surface area contributed by atoms with E-state index in [2.05, 4.69) is 21.6 Å². The van der Waals surface area contributed by atoms with Gasteiger partial charge in [0.15, 0.2) is 0 Å². The van der Waals surface area contributed by atoms with E-state index in [1.807, 2.05) is 30.3 Å². The molecule has 0 aliphatic carbocycles. The summed E-state index contributed by atoms with van der Waals surface area (Å²) < 4.78 is 0. The molecule has 0 saturated carbocycles. The van der Waals surface area contributed by atoms with E-state index in [1.54, 1.807) is 12.1 Å². The van der Waals surface area contributed by atoms with Gasteiger partial charge in [0.25, 0.3) is 5.91 Å². The van der Waals surface area contributed by atoms with Gasteiger partial charge in [-0.3, -0.25) is 14.5 Å². The first-order valence-electron chi connectivity index (χ1n) is 9.60. The highest BCUT2D eigenvalue weighted by Gasteiger charge is 2.20. The molecule has 6 heteroatoms. The number of β-amino-alcohol motifs (C(OH)–C–C–N with tert-alkyl or cyclic N) is 1. The maximum Gasteiger partial charge on any atom is 0.251 e. The normalized spacial score (nSPS) is 16.7. The number of likely N-dealkylation sites (tertiary alicyclic amines) is 1. The first kappa shape index (κ1) is 20.0. The number of hydrogen-bond acceptors (Lipinski definition) is 4. The average molecular weight is 381 g/mol. The maximum atomic E-state index is 12.5. The Morgan fingerprint density at radius 2 is 1.75 bits per heavy atom. The minimum atomic E-state index is -0.236. The summed E-state index contributed by atoms with van der Waals surface area (Å²) in [7, 11) is 0. The molecule has 0 aromatic heterocycles. The molecule has 1 heterocycles. The molecule has 0 spiro atoms. The van der Waals surface area contributed by atoms with Crippen molar-refractivity contribution in [3.05, 3.63) is 70.8 Å². The van der Waals surface area contributed by atoms with E-state index in [4.69, 9.17) is 0 Å². The number of benzene rings is 2. The number of aliphatic hydroxyl groups is 1. The van der Waals surface area contributed by atoms with Crippen molar-refractivity contribution in [3.63, 3.8) is 0 Å². The third-order valence-electron chi connectivity index (χ3n) is 4.96. The van der Waals surface area contributed by atoms with E-state index < -0.39 is 0 Å². The van der Waals surface area contributed by atoms with Crippen LogP contribution >= 0.6 is 0 Å². The first-order chi connectivity index (χ1) is 13.5. The topological polar surface area (TPSA) is 81.7 Å². The first-order valence-corrected chi connectivity index (χ1v) is 9.60. The Morgan fingerprint density at radius 1 is 1.04 bits per heavy atom. The molecule has 1 aliphatic rings. The summed E-state index contributed by atoms with van der Waals surface area (Å²) in [5.41, 5.74) is 3.79. The molecule has 1 saturated heterocycles. The van der Waals surface area contributed by atoms with Gasteiger partial charge in [0.05, 0.1) is 6.10 Å². The van der Waals surface area contributed by atoms with Crippen molar-refractivity contribution in [1.82, 2.24) is 15.5 Å². The second-order valence-corrected chi connectivity index (χ2v) is 7.24. The van der Waals surface area contributed by atoms with Crippen LogP contribution in [-0.4, -0.2) is 41.0 Å². The zero-order valence-corrected chi connectivity index (χ0v) is 16.1. The Hall–Kier alpha value is -2.70. The number of carbonyl (C=O) groups excluding carboxylic acids is 2. The predicted molar refractivity (Wildman–Crippen MR) is 107 cm³/mol. The van der Waals surface area contributed by atoms with Crippen LogP contribution in [0, 0.1) is 0 Å². The number of carbonyl (C=O) groups is 2. The lowest BCUT2D eigenvalue weighted by molar-refractivity contribution is -0.119. The molecule has 2 aromatic rings. The molecule has 3 rings (SSSR count). The molecule has 0 radical (unpaired) electrons. The summed E-state index contributed by atoms with van der Waals surface area (Å²) in [6.07, 6.45) is 0.581. The van der Waals surface area contributed by atoms with Gasteiger partial charge in [0.1, 0.15) is 0 Å². The number of nitrogens with zero attached hydrogens (tertiary/aromatic N) is 1. The minimum absolute atomic E-state index is 0.0797. The minimum Gasteiger partial charge on any atom is -0.392 e. The Morgan fingerprint density at radius 3 is 2.39 bits per heavy atom. The Bertz CT molecular complexity index is 820. The zero-order chi connectivity index (χ0) is 19.9. The van der Waals surface area contributed by atoms with Gasteiger partial charge in [0.2, 0.25) is 5.91 Å². The quantitative estimate of drug-likeness (QED) is 0.683. The second-order valence-electron chi connectivity index (χ2n) is 7.24. The monoisotopic (exact) mass is 381 g/mol. The van der Waals surface area contributed by atoms with E-state index >= 15 is 0 Å². The van der Waals surface area contributed by atoms with Crippen LogP contribution in [0.5, 0.6) is 0 Å². The highest BCUT2D eigenvalue weighted by Crippen LogP contribution is 2.16. The lowest BCUT2D eigenvalue weighted by Gasteiger charge is -2.18. The number of amides is 2. The van der Waals surface area contributed by atoms with Crippen LogP contribution in [0.1, 0.15) is 40.4 Å². The Labute approximate surface area is 165 Å². The van der Waals surface area contributed by atoms with Gasteiger partial charge in [-0.05, 0) is 35.2 Å². The average Bonchev–Trinajstić information content (AvgIpc) is 3.10. The fraction of sp³-hybridized carbons (Fsp3) is 0.364. The van der Waals surface area contributed by atoms with Crippen LogP contribution in [0.2, 0.25) is 0 Å². The van der Waals surface area contributed by atoms with E-state index in [1.165, 1.54) is 12.5 Å². The van der Waals surface area contributed by atoms with Crippen LogP contribution in [0.4, 0.5) is 0 Å². The van der Waals surface area contributed by atoms with Crippen molar-refractivity contribution >= 4 is 11.8 Å². The lowest BCUT2D eigenvalue weighted by atomic mass is 10.1. The largest absolute Gasteiger partial charge is 0.392 e. The van der Waals surface area contributed by atoms with Gasteiger partial charge in [-0.15, -0.1) is 0 Å². The third-order valence-corrected chi connectivity index (χ3v) is 4.96. The van der Waals surface area contributed by atoms with Gasteiger partial charge < -0.3 is 15.7 Å². The molecule has 1 aliphatic heterocycles. The van der Waals surface area contributed by atoms with Crippen LogP contribution in [0.15, 0.2) is 48.5 Å². The highest BCUT2D eigenvalue weighted by atomic mass is 16.3. The lowest BCUT2D eigenvalue weighted by Crippen LogP contribution is -2.25. The Kier molecular flexibility index (Phi) is 6.79. The van der Waals surface area contributed by atoms with Crippen molar-refractivity contribution in [2.75, 3.05) is 13.1 Å². The number of nitrogens with one attached hydrogen (secondary N) is 2. The Balaban J connectivity index is 1.56. The van der Waals surface area contributed by atoms with E-state index in [0.717, 1.165) is 30.6 Å². The van der Waals surface area contributed by atoms with E-state index in [0.29, 0.717) is 25.2 Å². The molecule has 0 bridgehead atoms. The maximum absolute atomic E-state index is 12.5. The summed E-state index contributed by atoms with van der Waals surface area (Å²) in [5, 5.41) is 15.4. The van der Waals surface area contributed by atoms with Crippen molar-refractivity contribution in [2.24, 2.45) is 0 Å². The molecule has 2 aromatic carbocycles. The molecule has 6 nitrogen and oxygen atoms in total. The standard InChI is InChI=1S/C22H27N3O3/c1-16(26)23-12-17-6-8-18(9-7-17)22(28)24-13-19-4-2-3-5-20(19)14-25-11-10-21(27)15-25/h2-9,21,27H,10-15H2,1H3,(H,23,26)(H,24,28). The summed E-state index contributed by atoms with van der Waals surface area (Å²) in [6.45, 7) is 4.76. The molecule has 3 N–H and O–H groups in total. The van der Waals surface area contributed by atoms with Crippen molar-refractivity contribution < 1.29 is 14.7 Å². The fourth-order valence-electron chi connectivity index (χ4n) is 3.36. The number of rotatable bonds is 7. The molecular formula is C22H27N3O3. The van der Waals surface area contributed by atoms with Gasteiger partial charge >= 0.3 is 0 Å². The molecule has 1 unspecified atom stereocenters. The van der Waals surface area contributed by atoms with Gasteiger partial charge in [-0.2, -0.15) is 0 Å². The summed E-state index contributed by atoms with van der Waals surface area (Å²) >= 11 is 0. The van der Waals surface area contributed by atoms with E-state index in [9.17, 15) is 14.7 Å². The second kappa shape index (κ2) is 9.48. The molecule has 28 heavy (non-hydrogen) atoms. The van der Waals surface area contributed by atoms with Crippen LogP contribution in [0.25, 0.3) is 0 Å². The molecule has 2 amide bonds. The highest BCUT2D eigenvalue weighted by molar-refractivity contribution is 5.94. The van der Waals surface area contributed by atoms with Crippen molar-refractivity contribution in [3.8, 4) is 0 Å². The van der Waals surface area contributed by atoms with E-state index in [-0.39, 0.29) is 17.9 Å². The summed E-state index contributed by atoms with van der Waals surface area (Å²) in [5.74, 6) is -0.207. The van der Waals surface area contributed by atoms with Crippen LogP contribution in [-0.2, 0) is 24.4 Å². The number of hydrogen-bond donors (Lipinski definition) is 3. The molecule has 1 atom stereocenters. The number of aliphatic hydroxyl groups excluding tert-OH is 1. The molecule has 148 valence electrons. The molecule has 1 fully saturated rings. The van der Waals surface area contributed by atoms with Gasteiger partial charge in [0, 0.05) is 45.2 Å². The van der Waals surface area contributed by atoms with Crippen molar-refractivity contribution in [1.29, 1.82) is 0 Å². The smallest absolute Gasteiger partial charge is 0.251 e. The van der Waals surface area contributed by atoms with Gasteiger partial charge in [-0.25, -0.2) is 0 Å². The zero-order valence-electron chi connectivity index (χ0n) is 16.1. The third kappa shape index (κ3) is 5.65. The van der Waals surface area contributed by atoms with Gasteiger partial charge in [-0.1, -0.05) is 36.4 Å². The summed E-state index contributed by atoms with van der Waals surface area (Å²) in [6, 6.07) is 15.3. The van der Waals surface area contributed by atoms with Crippen LogP contribution in [0.3, 0.4) is 0 Å². The fourth-order valence-corrected chi connectivity index (χ4v) is 3.36. The predicted octanol–water partition coefficient (Wildman–Crippen LogP) is 1.82. The SMILES string of the molecule is CC(=O)NCc1ccc(C(=O)NCc2ccccc2CN2CCC(O)C2)cc1. The summed E-state index contributed by atoms with van der Waals surface area (Å²) in [4.78, 5) is 25.7. The molecular weight excluding hydrogens is 354 g/mol. The van der Waals surface area contributed by atoms with Crippen molar-refractivity contribution in [2.45, 2.75) is 39.1 Å². The van der Waals surface area contributed by atoms with Crippen LogP contribution < -0.4 is 10.6 Å².